The maximum absolute atomic E-state index is 12.3. The number of hydrogen-bond donors (Lipinski definition) is 3. The zero-order valence-corrected chi connectivity index (χ0v) is 12.4. The molecular weight excluding hydrogens is 298 g/mol. The normalized spacial score (nSPS) is 11.3. The molecule has 1 aromatic carbocycles. The molecule has 0 radical (unpaired) electrons. The average molecular weight is 313 g/mol. The number of esters is 1. The van der Waals surface area contributed by atoms with Crippen LogP contribution in [0.1, 0.15) is 21.6 Å². The number of phenolic OH excluding ortho intramolecular Hbond substituents is 1. The van der Waals surface area contributed by atoms with Crippen LogP contribution in [-0.2, 0) is 16.0 Å². The number of aromatic amines is 1. The Balaban J connectivity index is 2.17. The van der Waals surface area contributed by atoms with Gasteiger partial charge in [-0.15, -0.1) is 6.42 Å². The third-order valence-corrected chi connectivity index (χ3v) is 3.18. The summed E-state index contributed by atoms with van der Waals surface area (Å²) in [5.41, 5.74) is 1.12. The highest BCUT2D eigenvalue weighted by molar-refractivity contribution is 5.99. The van der Waals surface area contributed by atoms with Crippen molar-refractivity contribution in [1.29, 1.82) is 0 Å². The SMILES string of the molecule is C#Cc1ccc(C(=O)N[C@H](Cc2cnc[nH]2)C(=O)OC)c(O)c1. The van der Waals surface area contributed by atoms with Crippen LogP contribution in [0.2, 0.25) is 0 Å². The summed E-state index contributed by atoms with van der Waals surface area (Å²) in [6, 6.07) is 3.30. The van der Waals surface area contributed by atoms with Crippen LogP contribution in [0.15, 0.2) is 30.7 Å². The second-order valence-electron chi connectivity index (χ2n) is 4.71. The van der Waals surface area contributed by atoms with E-state index in [4.69, 9.17) is 6.42 Å². The summed E-state index contributed by atoms with van der Waals surface area (Å²) in [6.07, 6.45) is 8.42. The summed E-state index contributed by atoms with van der Waals surface area (Å²) >= 11 is 0. The fourth-order valence-electron chi connectivity index (χ4n) is 2.00. The van der Waals surface area contributed by atoms with Crippen LogP contribution in [-0.4, -0.2) is 40.1 Å². The number of methoxy groups -OCH3 is 1. The number of aromatic hydroxyl groups is 1. The molecule has 0 saturated heterocycles. The Bertz CT molecular complexity index is 747. The lowest BCUT2D eigenvalue weighted by molar-refractivity contribution is -0.142. The summed E-state index contributed by atoms with van der Waals surface area (Å²) in [7, 11) is 1.23. The van der Waals surface area contributed by atoms with Gasteiger partial charge in [-0.3, -0.25) is 4.79 Å². The number of benzene rings is 1. The lowest BCUT2D eigenvalue weighted by Crippen LogP contribution is -2.43. The molecule has 0 unspecified atom stereocenters. The Kier molecular flexibility index (Phi) is 5.00. The first-order valence-electron chi connectivity index (χ1n) is 6.70. The van der Waals surface area contributed by atoms with Crippen LogP contribution in [0.3, 0.4) is 0 Å². The molecule has 0 spiro atoms. The molecule has 7 heteroatoms. The van der Waals surface area contributed by atoms with E-state index in [1.165, 1.54) is 31.6 Å². The molecule has 2 rings (SSSR count). The van der Waals surface area contributed by atoms with Gasteiger partial charge in [-0.2, -0.15) is 0 Å². The Hall–Kier alpha value is -3.27. The smallest absolute Gasteiger partial charge is 0.328 e. The molecule has 2 aromatic rings. The zero-order valence-electron chi connectivity index (χ0n) is 12.4. The number of nitrogens with one attached hydrogen (secondary N) is 2. The molecule has 0 fully saturated rings. The first-order chi connectivity index (χ1) is 11.0. The van der Waals surface area contributed by atoms with Gasteiger partial charge in [0.1, 0.15) is 11.8 Å². The number of rotatable bonds is 5. The number of hydrogen-bond acceptors (Lipinski definition) is 5. The zero-order chi connectivity index (χ0) is 16.8. The third kappa shape index (κ3) is 3.89. The third-order valence-electron chi connectivity index (χ3n) is 3.18. The molecule has 1 aromatic heterocycles. The molecule has 0 bridgehead atoms. The maximum atomic E-state index is 12.3. The fraction of sp³-hybridized carbons (Fsp3) is 0.188. The summed E-state index contributed by atoms with van der Waals surface area (Å²) in [4.78, 5) is 30.8. The summed E-state index contributed by atoms with van der Waals surface area (Å²) in [5.74, 6) is 0.880. The van der Waals surface area contributed by atoms with Gasteiger partial charge in [0, 0.05) is 23.9 Å². The molecule has 7 nitrogen and oxygen atoms in total. The lowest BCUT2D eigenvalue weighted by atomic mass is 10.1. The van der Waals surface area contributed by atoms with Gasteiger partial charge in [0.2, 0.25) is 0 Å². The Morgan fingerprint density at radius 1 is 1.52 bits per heavy atom. The van der Waals surface area contributed by atoms with Gasteiger partial charge in [-0.1, -0.05) is 5.92 Å². The largest absolute Gasteiger partial charge is 0.507 e. The second-order valence-corrected chi connectivity index (χ2v) is 4.71. The molecule has 1 amide bonds. The minimum Gasteiger partial charge on any atom is -0.507 e. The molecule has 23 heavy (non-hydrogen) atoms. The minimum atomic E-state index is -0.917. The van der Waals surface area contributed by atoms with E-state index in [0.29, 0.717) is 11.3 Å². The van der Waals surface area contributed by atoms with Crippen LogP contribution in [0, 0.1) is 12.3 Å². The average Bonchev–Trinajstić information content (AvgIpc) is 3.06. The topological polar surface area (TPSA) is 104 Å². The fourth-order valence-corrected chi connectivity index (χ4v) is 2.00. The molecule has 1 atom stereocenters. The number of imidazole rings is 1. The predicted octanol–water partition coefficient (Wildman–Crippen LogP) is 0.611. The number of aromatic nitrogens is 2. The number of carbonyl (C=O) groups excluding carboxylic acids is 2. The number of amides is 1. The van der Waals surface area contributed by atoms with E-state index in [1.54, 1.807) is 6.20 Å². The number of carbonyl (C=O) groups is 2. The van der Waals surface area contributed by atoms with Crippen LogP contribution < -0.4 is 5.32 Å². The van der Waals surface area contributed by atoms with Gasteiger partial charge < -0.3 is 20.1 Å². The molecule has 0 aliphatic rings. The molecule has 118 valence electrons. The van der Waals surface area contributed by atoms with Crippen LogP contribution in [0.5, 0.6) is 5.75 Å². The highest BCUT2D eigenvalue weighted by atomic mass is 16.5. The summed E-state index contributed by atoms with van der Waals surface area (Å²) < 4.78 is 4.69. The number of H-pyrrole nitrogens is 1. The van der Waals surface area contributed by atoms with E-state index in [1.807, 2.05) is 0 Å². The van der Waals surface area contributed by atoms with E-state index in [0.717, 1.165) is 0 Å². The van der Waals surface area contributed by atoms with E-state index in [2.05, 4.69) is 25.9 Å². The molecule has 0 saturated carbocycles. The van der Waals surface area contributed by atoms with Gasteiger partial charge in [-0.25, -0.2) is 9.78 Å². The number of ether oxygens (including phenoxy) is 1. The Morgan fingerprint density at radius 3 is 2.87 bits per heavy atom. The number of terminal acetylenes is 1. The van der Waals surface area contributed by atoms with Crippen molar-refractivity contribution >= 4 is 11.9 Å². The van der Waals surface area contributed by atoms with Gasteiger partial charge >= 0.3 is 5.97 Å². The second kappa shape index (κ2) is 7.13. The highest BCUT2D eigenvalue weighted by Crippen LogP contribution is 2.18. The van der Waals surface area contributed by atoms with Gasteiger partial charge in [-0.05, 0) is 18.2 Å². The molecule has 0 aliphatic heterocycles. The number of phenols is 1. The van der Waals surface area contributed by atoms with E-state index >= 15 is 0 Å². The first-order valence-corrected chi connectivity index (χ1v) is 6.70. The Labute approximate surface area is 132 Å². The van der Waals surface area contributed by atoms with Crippen molar-refractivity contribution in [2.75, 3.05) is 7.11 Å². The standard InChI is InChI=1S/C16H15N3O4/c1-3-10-4-5-12(14(20)6-10)15(21)19-13(16(22)23-2)7-11-8-17-9-18-11/h1,4-6,8-9,13,20H,7H2,2H3,(H,17,18)(H,19,21)/t13-/m1/s1. The molecule has 3 N–H and O–H groups in total. The van der Waals surface area contributed by atoms with E-state index < -0.39 is 17.9 Å². The van der Waals surface area contributed by atoms with Crippen molar-refractivity contribution in [3.8, 4) is 18.1 Å². The lowest BCUT2D eigenvalue weighted by Gasteiger charge is -2.16. The Morgan fingerprint density at radius 2 is 2.30 bits per heavy atom. The first kappa shape index (κ1) is 16.1. The summed E-state index contributed by atoms with van der Waals surface area (Å²) in [5, 5.41) is 12.4. The summed E-state index contributed by atoms with van der Waals surface area (Å²) in [6.45, 7) is 0. The van der Waals surface area contributed by atoms with Crippen molar-refractivity contribution in [3.05, 3.63) is 47.5 Å². The maximum Gasteiger partial charge on any atom is 0.328 e. The van der Waals surface area contributed by atoms with E-state index in [9.17, 15) is 14.7 Å². The van der Waals surface area contributed by atoms with Crippen LogP contribution >= 0.6 is 0 Å². The van der Waals surface area contributed by atoms with Crippen molar-refractivity contribution in [2.24, 2.45) is 0 Å². The molecular formula is C16H15N3O4. The quantitative estimate of drug-likeness (QED) is 0.554. The van der Waals surface area contributed by atoms with Crippen LogP contribution in [0.25, 0.3) is 0 Å². The van der Waals surface area contributed by atoms with Crippen molar-refractivity contribution < 1.29 is 19.4 Å². The van der Waals surface area contributed by atoms with Crippen molar-refractivity contribution in [2.45, 2.75) is 12.5 Å². The molecule has 0 aliphatic carbocycles. The molecule has 1 heterocycles. The van der Waals surface area contributed by atoms with Crippen molar-refractivity contribution in [3.63, 3.8) is 0 Å². The monoisotopic (exact) mass is 313 g/mol. The predicted molar refractivity (Wildman–Crippen MR) is 81.6 cm³/mol. The van der Waals surface area contributed by atoms with Gasteiger partial charge in [0.05, 0.1) is 19.0 Å². The highest BCUT2D eigenvalue weighted by Gasteiger charge is 2.24. The van der Waals surface area contributed by atoms with Crippen LogP contribution in [0.4, 0.5) is 0 Å². The van der Waals surface area contributed by atoms with Gasteiger partial charge in [0.25, 0.3) is 5.91 Å². The van der Waals surface area contributed by atoms with Gasteiger partial charge in [0.15, 0.2) is 0 Å². The van der Waals surface area contributed by atoms with Crippen molar-refractivity contribution in [1.82, 2.24) is 15.3 Å². The van der Waals surface area contributed by atoms with E-state index in [-0.39, 0.29) is 17.7 Å². The minimum absolute atomic E-state index is 0.0162. The number of nitrogens with zero attached hydrogens (tertiary/aromatic N) is 1.